The molecular weight excluding hydrogens is 396 g/mol. The van der Waals surface area contributed by atoms with Crippen LogP contribution in [0.1, 0.15) is 23.7 Å². The largest absolute Gasteiger partial charge is 0.490 e. The number of anilines is 1. The summed E-state index contributed by atoms with van der Waals surface area (Å²) in [5.74, 6) is -0.493. The van der Waals surface area contributed by atoms with E-state index in [4.69, 9.17) is 32.6 Å². The van der Waals surface area contributed by atoms with Crippen LogP contribution >= 0.6 is 23.2 Å². The molecule has 9 heteroatoms. The number of carbonyl (C=O) groups is 1. The number of halogens is 3. The van der Waals surface area contributed by atoms with Gasteiger partial charge in [0.05, 0.1) is 16.7 Å². The van der Waals surface area contributed by atoms with Gasteiger partial charge in [-0.1, -0.05) is 30.1 Å². The van der Waals surface area contributed by atoms with Crippen molar-refractivity contribution in [2.24, 2.45) is 0 Å². The maximum absolute atomic E-state index is 13.1. The first kappa shape index (κ1) is 19.1. The average Bonchev–Trinajstić information content (AvgIpc) is 3.09. The van der Waals surface area contributed by atoms with Gasteiger partial charge in [0.15, 0.2) is 11.4 Å². The van der Waals surface area contributed by atoms with Crippen LogP contribution in [0.3, 0.4) is 0 Å². The second-order valence-corrected chi connectivity index (χ2v) is 6.35. The number of amides is 1. The zero-order valence-corrected chi connectivity index (χ0v) is 15.6. The first-order valence-electron chi connectivity index (χ1n) is 8.01. The summed E-state index contributed by atoms with van der Waals surface area (Å²) in [7, 11) is 0. The van der Waals surface area contributed by atoms with E-state index in [1.165, 1.54) is 36.4 Å². The number of ether oxygens (including phenoxy) is 1. The molecule has 0 spiro atoms. The minimum atomic E-state index is -0.514. The second-order valence-electron chi connectivity index (χ2n) is 5.54. The van der Waals surface area contributed by atoms with Gasteiger partial charge in [0, 0.05) is 11.1 Å². The molecule has 0 aliphatic carbocycles. The van der Waals surface area contributed by atoms with E-state index in [-0.39, 0.29) is 27.1 Å². The molecule has 3 aromatic rings. The van der Waals surface area contributed by atoms with Gasteiger partial charge in [-0.15, -0.1) is 0 Å². The molecule has 1 amide bonds. The third-order valence-corrected chi connectivity index (χ3v) is 4.11. The molecule has 1 heterocycles. The summed E-state index contributed by atoms with van der Waals surface area (Å²) >= 11 is 12.3. The number of aromatic nitrogens is 2. The molecule has 0 bridgehead atoms. The van der Waals surface area contributed by atoms with Crippen molar-refractivity contribution in [2.45, 2.75) is 13.3 Å². The summed E-state index contributed by atoms with van der Waals surface area (Å²) in [5.41, 5.74) is 1.01. The molecule has 1 N–H and O–H groups in total. The zero-order chi connectivity index (χ0) is 19.4. The Morgan fingerprint density at radius 2 is 1.85 bits per heavy atom. The fourth-order valence-corrected chi connectivity index (χ4v) is 2.88. The van der Waals surface area contributed by atoms with Gasteiger partial charge >= 0.3 is 0 Å². The molecule has 0 saturated carbocycles. The molecule has 0 fully saturated rings. The van der Waals surface area contributed by atoms with Crippen molar-refractivity contribution >= 4 is 34.9 Å². The molecule has 3 rings (SSSR count). The molecule has 27 heavy (non-hydrogen) atoms. The van der Waals surface area contributed by atoms with Crippen molar-refractivity contribution in [3.05, 3.63) is 57.8 Å². The van der Waals surface area contributed by atoms with Crippen molar-refractivity contribution in [3.8, 4) is 17.0 Å². The lowest BCUT2D eigenvalue weighted by Crippen LogP contribution is -2.13. The average molecular weight is 410 g/mol. The molecule has 6 nitrogen and oxygen atoms in total. The Kier molecular flexibility index (Phi) is 5.93. The number of hydrogen-bond donors (Lipinski definition) is 1. The van der Waals surface area contributed by atoms with Crippen molar-refractivity contribution in [3.63, 3.8) is 0 Å². The van der Waals surface area contributed by atoms with Crippen LogP contribution in [0.15, 0.2) is 41.0 Å². The number of hydrogen-bond acceptors (Lipinski definition) is 5. The van der Waals surface area contributed by atoms with Gasteiger partial charge in [0.1, 0.15) is 5.82 Å². The van der Waals surface area contributed by atoms with Crippen molar-refractivity contribution in [2.75, 3.05) is 11.9 Å². The van der Waals surface area contributed by atoms with Gasteiger partial charge in [-0.2, -0.15) is 0 Å². The van der Waals surface area contributed by atoms with Crippen LogP contribution < -0.4 is 10.1 Å². The lowest BCUT2D eigenvalue weighted by atomic mass is 10.1. The smallest absolute Gasteiger partial charge is 0.257 e. The maximum atomic E-state index is 13.1. The van der Waals surface area contributed by atoms with Crippen LogP contribution in [0.25, 0.3) is 11.3 Å². The SMILES string of the molecule is CCCOc1c(Cl)cc(C(=O)Nc2nonc2-c2ccc(F)cc2)cc1Cl. The number of nitrogens with one attached hydrogen (secondary N) is 1. The highest BCUT2D eigenvalue weighted by Gasteiger charge is 2.19. The fraction of sp³-hybridized carbons (Fsp3) is 0.167. The molecule has 0 aliphatic heterocycles. The highest BCUT2D eigenvalue weighted by molar-refractivity contribution is 6.37. The summed E-state index contributed by atoms with van der Waals surface area (Å²) in [6.07, 6.45) is 0.792. The molecule has 0 saturated heterocycles. The summed E-state index contributed by atoms with van der Waals surface area (Å²) in [5, 5.41) is 10.5. The molecule has 0 unspecified atom stereocenters. The molecule has 0 atom stereocenters. The molecule has 0 radical (unpaired) electrons. The van der Waals surface area contributed by atoms with Crippen LogP contribution in [-0.4, -0.2) is 22.8 Å². The summed E-state index contributed by atoms with van der Waals surface area (Å²) in [6, 6.07) is 8.42. The fourth-order valence-electron chi connectivity index (χ4n) is 2.28. The Hall–Kier alpha value is -2.64. The van der Waals surface area contributed by atoms with Crippen LogP contribution in [-0.2, 0) is 0 Å². The Balaban J connectivity index is 1.82. The third kappa shape index (κ3) is 4.37. The lowest BCUT2D eigenvalue weighted by Gasteiger charge is -2.11. The van der Waals surface area contributed by atoms with Crippen molar-refractivity contribution in [1.82, 2.24) is 10.3 Å². The minimum absolute atomic E-state index is 0.0881. The standard InChI is InChI=1S/C18H14Cl2FN3O3/c1-2-7-26-16-13(19)8-11(9-14(16)20)18(25)22-17-15(23-27-24-17)10-3-5-12(21)6-4-10/h3-6,8-9H,2,7H2,1H3,(H,22,24,25). The van der Waals surface area contributed by atoms with Crippen molar-refractivity contribution < 1.29 is 18.6 Å². The molecule has 140 valence electrons. The van der Waals surface area contributed by atoms with E-state index in [0.29, 0.717) is 17.9 Å². The van der Waals surface area contributed by atoms with Gasteiger partial charge in [-0.05, 0) is 53.1 Å². The predicted octanol–water partition coefficient (Wildman–Crippen LogP) is 5.22. The Morgan fingerprint density at radius 1 is 1.19 bits per heavy atom. The van der Waals surface area contributed by atoms with Crippen LogP contribution in [0.4, 0.5) is 10.2 Å². The van der Waals surface area contributed by atoms with E-state index in [2.05, 4.69) is 15.6 Å². The minimum Gasteiger partial charge on any atom is -0.490 e. The highest BCUT2D eigenvalue weighted by atomic mass is 35.5. The van der Waals surface area contributed by atoms with Gasteiger partial charge in [-0.3, -0.25) is 4.79 Å². The van der Waals surface area contributed by atoms with Gasteiger partial charge in [0.25, 0.3) is 5.91 Å². The number of benzene rings is 2. The summed E-state index contributed by atoms with van der Waals surface area (Å²) < 4.78 is 23.3. The van der Waals surface area contributed by atoms with E-state index < -0.39 is 11.7 Å². The van der Waals surface area contributed by atoms with Crippen molar-refractivity contribution in [1.29, 1.82) is 0 Å². The zero-order valence-electron chi connectivity index (χ0n) is 14.1. The van der Waals surface area contributed by atoms with Crippen LogP contribution in [0, 0.1) is 5.82 Å². The molecule has 0 aliphatic rings. The van der Waals surface area contributed by atoms with Gasteiger partial charge in [-0.25, -0.2) is 9.02 Å². The van der Waals surface area contributed by atoms with E-state index in [1.54, 1.807) is 0 Å². The molecule has 2 aromatic carbocycles. The third-order valence-electron chi connectivity index (χ3n) is 3.55. The normalized spacial score (nSPS) is 10.7. The van der Waals surface area contributed by atoms with Gasteiger partial charge in [0.2, 0.25) is 5.82 Å². The van der Waals surface area contributed by atoms with Gasteiger partial charge < -0.3 is 10.1 Å². The Bertz CT molecular complexity index is 938. The lowest BCUT2D eigenvalue weighted by molar-refractivity contribution is 0.102. The Labute approximate surface area is 164 Å². The first-order chi connectivity index (χ1) is 13.0. The highest BCUT2D eigenvalue weighted by Crippen LogP contribution is 2.35. The second kappa shape index (κ2) is 8.37. The predicted molar refractivity (Wildman–Crippen MR) is 99.9 cm³/mol. The van der Waals surface area contributed by atoms with E-state index in [0.717, 1.165) is 6.42 Å². The van der Waals surface area contributed by atoms with Crippen LogP contribution in [0.5, 0.6) is 5.75 Å². The quantitative estimate of drug-likeness (QED) is 0.603. The molecule has 1 aromatic heterocycles. The maximum Gasteiger partial charge on any atom is 0.257 e. The van der Waals surface area contributed by atoms with E-state index >= 15 is 0 Å². The topological polar surface area (TPSA) is 77.2 Å². The van der Waals surface area contributed by atoms with E-state index in [1.807, 2.05) is 6.92 Å². The number of rotatable bonds is 6. The summed E-state index contributed by atoms with van der Waals surface area (Å²) in [4.78, 5) is 12.5. The molecular formula is C18H14Cl2FN3O3. The van der Waals surface area contributed by atoms with Crippen LogP contribution in [0.2, 0.25) is 10.0 Å². The first-order valence-corrected chi connectivity index (χ1v) is 8.77. The van der Waals surface area contributed by atoms with E-state index in [9.17, 15) is 9.18 Å². The Morgan fingerprint density at radius 3 is 2.48 bits per heavy atom. The number of carbonyl (C=O) groups excluding carboxylic acids is 1. The monoisotopic (exact) mass is 409 g/mol. The number of nitrogens with zero attached hydrogens (tertiary/aromatic N) is 2. The summed E-state index contributed by atoms with van der Waals surface area (Å²) in [6.45, 7) is 2.41.